The molecule has 1 heterocycles. The van der Waals surface area contributed by atoms with Gasteiger partial charge in [-0.3, -0.25) is 5.32 Å². The van der Waals surface area contributed by atoms with E-state index in [0.29, 0.717) is 11.7 Å². The monoisotopic (exact) mass is 297 g/mol. The predicted octanol–water partition coefficient (Wildman–Crippen LogP) is 3.53. The zero-order valence-corrected chi connectivity index (χ0v) is 11.7. The van der Waals surface area contributed by atoms with Crippen molar-refractivity contribution in [3.05, 3.63) is 34.6 Å². The Hall–Kier alpha value is -1.36. The average Bonchev–Trinajstić information content (AvgIpc) is 2.29. The van der Waals surface area contributed by atoms with Crippen molar-refractivity contribution in [2.75, 3.05) is 5.32 Å². The van der Waals surface area contributed by atoms with E-state index in [4.69, 9.17) is 0 Å². The van der Waals surface area contributed by atoms with Crippen molar-refractivity contribution < 1.29 is 4.79 Å². The van der Waals surface area contributed by atoms with Crippen LogP contribution in [0.4, 0.5) is 10.6 Å². The molecule has 2 amide bonds. The van der Waals surface area contributed by atoms with Crippen molar-refractivity contribution in [3.8, 4) is 0 Å². The maximum Gasteiger partial charge on any atom is 0.324 e. The lowest BCUT2D eigenvalue weighted by Gasteiger charge is -2.07. The zero-order valence-electron chi connectivity index (χ0n) is 10.1. The Labute approximate surface area is 110 Å². The summed E-state index contributed by atoms with van der Waals surface area (Å²) >= 11 is 3.28. The number of pyridine rings is 1. The second kappa shape index (κ2) is 6.39. The molecule has 0 aliphatic heterocycles. The minimum atomic E-state index is -0.292. The molecule has 0 fully saturated rings. The molecule has 1 rings (SSSR count). The standard InChI is InChI=1S/C12H16BrN3O/c1-8(2)9(3)6-15-12(17)16-11-5-4-10(13)7-14-11/h4-8H,1-3H3,(H2,14,15,16,17)/b9-6+. The van der Waals surface area contributed by atoms with E-state index in [2.05, 4.69) is 45.4 Å². The fourth-order valence-corrected chi connectivity index (χ4v) is 1.18. The second-order valence-corrected chi connectivity index (χ2v) is 4.92. The van der Waals surface area contributed by atoms with Crippen molar-refractivity contribution >= 4 is 27.8 Å². The third kappa shape index (κ3) is 4.99. The predicted molar refractivity (Wildman–Crippen MR) is 72.7 cm³/mol. The Morgan fingerprint density at radius 1 is 1.47 bits per heavy atom. The first kappa shape index (κ1) is 13.7. The van der Waals surface area contributed by atoms with Gasteiger partial charge in [0.1, 0.15) is 5.82 Å². The van der Waals surface area contributed by atoms with Crippen molar-refractivity contribution in [1.29, 1.82) is 0 Å². The summed E-state index contributed by atoms with van der Waals surface area (Å²) in [6.07, 6.45) is 3.34. The van der Waals surface area contributed by atoms with Crippen LogP contribution in [0, 0.1) is 5.92 Å². The van der Waals surface area contributed by atoms with Gasteiger partial charge in [0.2, 0.25) is 0 Å². The van der Waals surface area contributed by atoms with Crippen LogP contribution in [0.5, 0.6) is 0 Å². The number of carbonyl (C=O) groups excluding carboxylic acids is 1. The van der Waals surface area contributed by atoms with Crippen molar-refractivity contribution in [3.63, 3.8) is 0 Å². The second-order valence-electron chi connectivity index (χ2n) is 4.00. The Kier molecular flexibility index (Phi) is 5.15. The van der Waals surface area contributed by atoms with Gasteiger partial charge in [-0.05, 0) is 40.9 Å². The Morgan fingerprint density at radius 2 is 2.18 bits per heavy atom. The molecular weight excluding hydrogens is 282 g/mol. The summed E-state index contributed by atoms with van der Waals surface area (Å²) in [5, 5.41) is 5.30. The molecule has 2 N–H and O–H groups in total. The lowest BCUT2D eigenvalue weighted by Crippen LogP contribution is -2.25. The summed E-state index contributed by atoms with van der Waals surface area (Å²) in [5.41, 5.74) is 1.11. The summed E-state index contributed by atoms with van der Waals surface area (Å²) in [5.74, 6) is 0.933. The lowest BCUT2D eigenvalue weighted by atomic mass is 10.1. The number of urea groups is 1. The normalized spacial score (nSPS) is 11.5. The third-order valence-corrected chi connectivity index (χ3v) is 2.78. The zero-order chi connectivity index (χ0) is 12.8. The van der Waals surface area contributed by atoms with Crippen LogP contribution in [-0.2, 0) is 0 Å². The van der Waals surface area contributed by atoms with Gasteiger partial charge in [0, 0.05) is 16.9 Å². The third-order valence-electron chi connectivity index (χ3n) is 2.31. The number of hydrogen-bond donors (Lipinski definition) is 2. The SMILES string of the molecule is C/C(=C\NC(=O)Nc1ccc(Br)cn1)C(C)C. The molecule has 17 heavy (non-hydrogen) atoms. The van der Waals surface area contributed by atoms with E-state index in [1.54, 1.807) is 18.5 Å². The lowest BCUT2D eigenvalue weighted by molar-refractivity contribution is 0.255. The van der Waals surface area contributed by atoms with Crippen LogP contribution in [0.1, 0.15) is 20.8 Å². The largest absolute Gasteiger partial charge is 0.324 e. The van der Waals surface area contributed by atoms with Crippen molar-refractivity contribution in [2.45, 2.75) is 20.8 Å². The van der Waals surface area contributed by atoms with Crippen LogP contribution >= 0.6 is 15.9 Å². The highest BCUT2D eigenvalue weighted by atomic mass is 79.9. The average molecular weight is 298 g/mol. The van der Waals surface area contributed by atoms with E-state index >= 15 is 0 Å². The van der Waals surface area contributed by atoms with Crippen molar-refractivity contribution in [2.24, 2.45) is 5.92 Å². The van der Waals surface area contributed by atoms with E-state index in [1.165, 1.54) is 0 Å². The van der Waals surface area contributed by atoms with Gasteiger partial charge < -0.3 is 5.32 Å². The van der Waals surface area contributed by atoms with Gasteiger partial charge >= 0.3 is 6.03 Å². The Balaban J connectivity index is 2.50. The van der Waals surface area contributed by atoms with Crippen LogP contribution < -0.4 is 10.6 Å². The van der Waals surface area contributed by atoms with Gasteiger partial charge in [0.25, 0.3) is 0 Å². The van der Waals surface area contributed by atoms with E-state index in [0.717, 1.165) is 10.0 Å². The molecule has 0 atom stereocenters. The number of rotatable bonds is 3. The van der Waals surface area contributed by atoms with Gasteiger partial charge in [-0.25, -0.2) is 9.78 Å². The van der Waals surface area contributed by atoms with E-state index in [-0.39, 0.29) is 6.03 Å². The first-order valence-electron chi connectivity index (χ1n) is 5.34. The maximum absolute atomic E-state index is 11.5. The molecule has 0 aliphatic carbocycles. The number of aromatic nitrogens is 1. The van der Waals surface area contributed by atoms with Crippen LogP contribution in [0.25, 0.3) is 0 Å². The molecule has 0 bridgehead atoms. The first-order valence-corrected chi connectivity index (χ1v) is 6.14. The molecule has 4 nitrogen and oxygen atoms in total. The van der Waals surface area contributed by atoms with E-state index < -0.39 is 0 Å². The van der Waals surface area contributed by atoms with Gasteiger partial charge in [0.15, 0.2) is 0 Å². The molecular formula is C12H16BrN3O. The number of nitrogens with one attached hydrogen (secondary N) is 2. The van der Waals surface area contributed by atoms with Crippen LogP contribution in [0.3, 0.4) is 0 Å². The fourth-order valence-electron chi connectivity index (χ4n) is 0.948. The number of anilines is 1. The number of allylic oxidation sites excluding steroid dienone is 1. The summed E-state index contributed by atoms with van der Waals surface area (Å²) < 4.78 is 0.874. The van der Waals surface area contributed by atoms with Gasteiger partial charge in [-0.2, -0.15) is 0 Å². The summed E-state index contributed by atoms with van der Waals surface area (Å²) in [4.78, 5) is 15.5. The molecule has 0 radical (unpaired) electrons. The molecule has 1 aromatic rings. The number of amides is 2. The number of nitrogens with zero attached hydrogens (tertiary/aromatic N) is 1. The number of halogens is 1. The molecule has 92 valence electrons. The number of carbonyl (C=O) groups is 1. The molecule has 0 saturated heterocycles. The highest BCUT2D eigenvalue weighted by molar-refractivity contribution is 9.10. The Bertz CT molecular complexity index is 412. The Morgan fingerprint density at radius 3 is 2.71 bits per heavy atom. The minimum Gasteiger partial charge on any atom is -0.314 e. The molecule has 0 spiro atoms. The molecule has 0 unspecified atom stereocenters. The van der Waals surface area contributed by atoms with Gasteiger partial charge in [-0.1, -0.05) is 19.4 Å². The highest BCUT2D eigenvalue weighted by Gasteiger charge is 2.01. The first-order chi connectivity index (χ1) is 7.99. The van der Waals surface area contributed by atoms with E-state index in [9.17, 15) is 4.79 Å². The van der Waals surface area contributed by atoms with Gasteiger partial charge in [-0.15, -0.1) is 0 Å². The fraction of sp³-hybridized carbons (Fsp3) is 0.333. The van der Waals surface area contributed by atoms with E-state index in [1.807, 2.05) is 13.0 Å². The van der Waals surface area contributed by atoms with Crippen LogP contribution in [0.15, 0.2) is 34.6 Å². The molecule has 1 aromatic heterocycles. The van der Waals surface area contributed by atoms with Crippen LogP contribution in [-0.4, -0.2) is 11.0 Å². The topological polar surface area (TPSA) is 54.0 Å². The molecule has 0 aliphatic rings. The minimum absolute atomic E-state index is 0.292. The van der Waals surface area contributed by atoms with Gasteiger partial charge in [0.05, 0.1) is 0 Å². The summed E-state index contributed by atoms with van der Waals surface area (Å²) in [6, 6.07) is 3.25. The highest BCUT2D eigenvalue weighted by Crippen LogP contribution is 2.10. The van der Waals surface area contributed by atoms with Crippen molar-refractivity contribution in [1.82, 2.24) is 10.3 Å². The maximum atomic E-state index is 11.5. The molecule has 5 heteroatoms. The quantitative estimate of drug-likeness (QED) is 0.897. The number of hydrogen-bond acceptors (Lipinski definition) is 2. The smallest absolute Gasteiger partial charge is 0.314 e. The molecule has 0 saturated carbocycles. The summed E-state index contributed by atoms with van der Waals surface area (Å²) in [6.45, 7) is 6.12. The molecule has 0 aromatic carbocycles. The van der Waals surface area contributed by atoms with Crippen LogP contribution in [0.2, 0.25) is 0 Å². The summed E-state index contributed by atoms with van der Waals surface area (Å²) in [7, 11) is 0.